The predicted molar refractivity (Wildman–Crippen MR) is 107 cm³/mol. The fourth-order valence-corrected chi connectivity index (χ4v) is 3.80. The van der Waals surface area contributed by atoms with Crippen LogP contribution in [-0.2, 0) is 0 Å². The number of phenols is 1. The van der Waals surface area contributed by atoms with Gasteiger partial charge in [0.1, 0.15) is 17.2 Å². The predicted octanol–water partition coefficient (Wildman–Crippen LogP) is 4.60. The average molecular weight is 361 g/mol. The smallest absolute Gasteiger partial charge is 0.138 e. The molecule has 4 heteroatoms. The van der Waals surface area contributed by atoms with E-state index in [1.54, 1.807) is 13.2 Å². The first-order valence-electron chi connectivity index (χ1n) is 9.02. The summed E-state index contributed by atoms with van der Waals surface area (Å²) in [5.74, 6) is 1.93. The molecule has 0 spiro atoms. The molecule has 2 atom stereocenters. The van der Waals surface area contributed by atoms with Crippen LogP contribution in [0.15, 0.2) is 60.7 Å². The molecular formula is C23H23NO3. The minimum Gasteiger partial charge on any atom is -0.506 e. The molecule has 2 unspecified atom stereocenters. The number of methoxy groups -OCH3 is 1. The summed E-state index contributed by atoms with van der Waals surface area (Å²) in [6.07, 6.45) is 0. The van der Waals surface area contributed by atoms with Crippen molar-refractivity contribution in [3.05, 3.63) is 82.9 Å². The van der Waals surface area contributed by atoms with Crippen molar-refractivity contribution < 1.29 is 14.6 Å². The molecule has 0 saturated heterocycles. The van der Waals surface area contributed by atoms with Crippen LogP contribution < -0.4 is 15.2 Å². The van der Waals surface area contributed by atoms with Crippen molar-refractivity contribution in [2.24, 2.45) is 0 Å². The standard InChI is InChI=1S/C23H23NO3/c1-14-3-5-15(6-4-14)19-13-27-22-12-17(26-2)8-9-18(22)23(19)16-7-10-21(25)20(24)11-16/h3-12,19,23,25H,13,24H2,1-2H3. The van der Waals surface area contributed by atoms with Crippen molar-refractivity contribution in [3.63, 3.8) is 0 Å². The topological polar surface area (TPSA) is 64.7 Å². The number of fused-ring (bicyclic) bond motifs is 1. The molecule has 3 N–H and O–H groups in total. The van der Waals surface area contributed by atoms with E-state index in [2.05, 4.69) is 37.3 Å². The zero-order valence-corrected chi connectivity index (χ0v) is 15.5. The molecule has 4 rings (SSSR count). The van der Waals surface area contributed by atoms with Gasteiger partial charge in [0.2, 0.25) is 0 Å². The van der Waals surface area contributed by atoms with Crippen molar-refractivity contribution in [1.29, 1.82) is 0 Å². The molecule has 138 valence electrons. The number of hydrogen-bond donors (Lipinski definition) is 2. The first-order valence-corrected chi connectivity index (χ1v) is 9.02. The third-order valence-electron chi connectivity index (χ3n) is 5.29. The second kappa shape index (κ2) is 6.88. The summed E-state index contributed by atoms with van der Waals surface area (Å²) in [4.78, 5) is 0. The minimum absolute atomic E-state index is 0.0743. The molecular weight excluding hydrogens is 338 g/mol. The number of aryl methyl sites for hydroxylation is 1. The molecule has 1 aliphatic heterocycles. The van der Waals surface area contributed by atoms with E-state index in [0.29, 0.717) is 12.3 Å². The van der Waals surface area contributed by atoms with E-state index >= 15 is 0 Å². The zero-order chi connectivity index (χ0) is 19.0. The molecule has 0 amide bonds. The van der Waals surface area contributed by atoms with Gasteiger partial charge in [0.25, 0.3) is 0 Å². The van der Waals surface area contributed by atoms with Crippen LogP contribution in [0.4, 0.5) is 5.69 Å². The van der Waals surface area contributed by atoms with Crippen LogP contribution in [0.5, 0.6) is 17.2 Å². The van der Waals surface area contributed by atoms with E-state index in [4.69, 9.17) is 15.2 Å². The molecule has 0 aromatic heterocycles. The number of aromatic hydroxyl groups is 1. The summed E-state index contributed by atoms with van der Waals surface area (Å²) in [6.45, 7) is 2.65. The quantitative estimate of drug-likeness (QED) is 0.529. The van der Waals surface area contributed by atoms with Gasteiger partial charge in [-0.25, -0.2) is 0 Å². The summed E-state index contributed by atoms with van der Waals surface area (Å²) in [5, 5.41) is 9.85. The Morgan fingerprint density at radius 3 is 2.44 bits per heavy atom. The summed E-state index contributed by atoms with van der Waals surface area (Å²) in [5.41, 5.74) is 11.0. The fraction of sp³-hybridized carbons (Fsp3) is 0.217. The summed E-state index contributed by atoms with van der Waals surface area (Å²) in [7, 11) is 1.65. The second-order valence-corrected chi connectivity index (χ2v) is 7.03. The number of benzene rings is 3. The molecule has 3 aromatic rings. The van der Waals surface area contributed by atoms with Crippen LogP contribution in [0.1, 0.15) is 34.1 Å². The maximum absolute atomic E-state index is 9.85. The van der Waals surface area contributed by atoms with Gasteiger partial charge in [0.15, 0.2) is 0 Å². The van der Waals surface area contributed by atoms with Crippen LogP contribution in [0, 0.1) is 6.92 Å². The van der Waals surface area contributed by atoms with Crippen molar-refractivity contribution >= 4 is 5.69 Å². The van der Waals surface area contributed by atoms with Crippen LogP contribution >= 0.6 is 0 Å². The molecule has 3 aromatic carbocycles. The number of hydrogen-bond acceptors (Lipinski definition) is 4. The lowest BCUT2D eigenvalue weighted by molar-refractivity contribution is 0.247. The summed E-state index contributed by atoms with van der Waals surface area (Å²) < 4.78 is 11.5. The van der Waals surface area contributed by atoms with Crippen LogP contribution in [0.3, 0.4) is 0 Å². The Hall–Kier alpha value is -3.14. The Bertz CT molecular complexity index is 966. The lowest BCUT2D eigenvalue weighted by atomic mass is 9.75. The highest BCUT2D eigenvalue weighted by molar-refractivity contribution is 5.58. The number of anilines is 1. The van der Waals surface area contributed by atoms with Crippen molar-refractivity contribution in [2.45, 2.75) is 18.8 Å². The normalized spacial score (nSPS) is 18.4. The van der Waals surface area contributed by atoms with Gasteiger partial charge in [-0.15, -0.1) is 0 Å². The molecule has 27 heavy (non-hydrogen) atoms. The van der Waals surface area contributed by atoms with Crippen LogP contribution in [0.2, 0.25) is 0 Å². The van der Waals surface area contributed by atoms with E-state index in [-0.39, 0.29) is 17.6 Å². The molecule has 4 nitrogen and oxygen atoms in total. The molecule has 0 bridgehead atoms. The molecule has 1 heterocycles. The first kappa shape index (κ1) is 17.3. The van der Waals surface area contributed by atoms with E-state index in [1.807, 2.05) is 24.3 Å². The van der Waals surface area contributed by atoms with E-state index in [9.17, 15) is 5.11 Å². The summed E-state index contributed by atoms with van der Waals surface area (Å²) in [6, 6.07) is 20.0. The third-order valence-corrected chi connectivity index (χ3v) is 5.29. The number of ether oxygens (including phenoxy) is 2. The van der Waals surface area contributed by atoms with Crippen LogP contribution in [-0.4, -0.2) is 18.8 Å². The number of nitrogen functional groups attached to an aromatic ring is 1. The maximum Gasteiger partial charge on any atom is 0.138 e. The molecule has 0 fully saturated rings. The van der Waals surface area contributed by atoms with Gasteiger partial charge in [-0.3, -0.25) is 0 Å². The molecule has 0 aliphatic carbocycles. The van der Waals surface area contributed by atoms with Gasteiger partial charge >= 0.3 is 0 Å². The van der Waals surface area contributed by atoms with Crippen molar-refractivity contribution in [2.75, 3.05) is 19.5 Å². The van der Waals surface area contributed by atoms with E-state index < -0.39 is 0 Å². The van der Waals surface area contributed by atoms with Gasteiger partial charge in [-0.05, 0) is 36.2 Å². The minimum atomic E-state index is 0.0743. The van der Waals surface area contributed by atoms with E-state index in [1.165, 1.54) is 11.1 Å². The Kier molecular flexibility index (Phi) is 4.40. The van der Waals surface area contributed by atoms with Gasteiger partial charge in [-0.2, -0.15) is 0 Å². The van der Waals surface area contributed by atoms with Gasteiger partial charge in [0.05, 0.1) is 19.4 Å². The zero-order valence-electron chi connectivity index (χ0n) is 15.5. The Morgan fingerprint density at radius 1 is 1.00 bits per heavy atom. The average Bonchev–Trinajstić information content (AvgIpc) is 2.69. The SMILES string of the molecule is COc1ccc2c(c1)OCC(c1ccc(C)cc1)C2c1ccc(O)c(N)c1. The van der Waals surface area contributed by atoms with Crippen molar-refractivity contribution in [1.82, 2.24) is 0 Å². The highest BCUT2D eigenvalue weighted by Crippen LogP contribution is 2.47. The van der Waals surface area contributed by atoms with Gasteiger partial charge < -0.3 is 20.3 Å². The highest BCUT2D eigenvalue weighted by Gasteiger charge is 2.34. The number of rotatable bonds is 3. The number of nitrogens with two attached hydrogens (primary N) is 1. The fourth-order valence-electron chi connectivity index (χ4n) is 3.80. The van der Waals surface area contributed by atoms with Gasteiger partial charge in [-0.1, -0.05) is 42.0 Å². The monoisotopic (exact) mass is 361 g/mol. The largest absolute Gasteiger partial charge is 0.506 e. The third kappa shape index (κ3) is 3.19. The van der Waals surface area contributed by atoms with Gasteiger partial charge in [0, 0.05) is 23.5 Å². The molecule has 0 saturated carbocycles. The van der Waals surface area contributed by atoms with Crippen LogP contribution in [0.25, 0.3) is 0 Å². The Balaban J connectivity index is 1.85. The maximum atomic E-state index is 9.85. The Labute approximate surface area is 159 Å². The summed E-state index contributed by atoms with van der Waals surface area (Å²) >= 11 is 0. The molecule has 0 radical (unpaired) electrons. The molecule has 1 aliphatic rings. The van der Waals surface area contributed by atoms with E-state index in [0.717, 1.165) is 22.6 Å². The first-order chi connectivity index (χ1) is 13.1. The van der Waals surface area contributed by atoms with Crippen molar-refractivity contribution in [3.8, 4) is 17.2 Å². The lowest BCUT2D eigenvalue weighted by Gasteiger charge is -2.35. The lowest BCUT2D eigenvalue weighted by Crippen LogP contribution is -2.25. The Morgan fingerprint density at radius 2 is 1.74 bits per heavy atom. The second-order valence-electron chi connectivity index (χ2n) is 7.03. The highest BCUT2D eigenvalue weighted by atomic mass is 16.5. The number of phenolic OH excluding ortho intramolecular Hbond substituents is 1.